The average Bonchev–Trinajstić information content (AvgIpc) is 2.81. The van der Waals surface area contributed by atoms with Gasteiger partial charge < -0.3 is 24.8 Å². The maximum absolute atomic E-state index is 11.6. The van der Waals surface area contributed by atoms with Gasteiger partial charge in [0.25, 0.3) is 0 Å². The van der Waals surface area contributed by atoms with Gasteiger partial charge in [-0.05, 0) is 43.6 Å². The van der Waals surface area contributed by atoms with Crippen molar-refractivity contribution in [2.75, 3.05) is 39.9 Å². The molecule has 0 spiro atoms. The van der Waals surface area contributed by atoms with E-state index in [4.69, 9.17) is 9.47 Å². The summed E-state index contributed by atoms with van der Waals surface area (Å²) in [7, 11) is 1.43. The number of aliphatic hydroxyl groups is 1. The molecule has 0 bridgehead atoms. The van der Waals surface area contributed by atoms with Gasteiger partial charge in [0.1, 0.15) is 18.5 Å². The Kier molecular flexibility index (Phi) is 9.20. The number of piperidine rings is 1. The molecular formula is C23H32N4O4. The van der Waals surface area contributed by atoms with Crippen molar-refractivity contribution in [2.24, 2.45) is 5.92 Å². The van der Waals surface area contributed by atoms with E-state index in [0.29, 0.717) is 6.54 Å². The molecular weight excluding hydrogens is 396 g/mol. The van der Waals surface area contributed by atoms with E-state index in [1.165, 1.54) is 7.11 Å². The number of hydrogen-bond acceptors (Lipinski definition) is 8. The van der Waals surface area contributed by atoms with Crippen molar-refractivity contribution in [1.82, 2.24) is 20.2 Å². The fourth-order valence-corrected chi connectivity index (χ4v) is 3.71. The second-order valence-electron chi connectivity index (χ2n) is 7.83. The van der Waals surface area contributed by atoms with Gasteiger partial charge >= 0.3 is 5.97 Å². The summed E-state index contributed by atoms with van der Waals surface area (Å²) in [5.74, 6) is 0.593. The van der Waals surface area contributed by atoms with E-state index in [-0.39, 0.29) is 18.5 Å². The monoisotopic (exact) mass is 428 g/mol. The van der Waals surface area contributed by atoms with Crippen LogP contribution in [0.3, 0.4) is 0 Å². The van der Waals surface area contributed by atoms with Gasteiger partial charge in [-0.25, -0.2) is 0 Å². The summed E-state index contributed by atoms with van der Waals surface area (Å²) in [6, 6.07) is 7.89. The van der Waals surface area contributed by atoms with E-state index in [2.05, 4.69) is 20.2 Å². The van der Waals surface area contributed by atoms with Crippen LogP contribution in [0.4, 0.5) is 0 Å². The second kappa shape index (κ2) is 12.3. The molecule has 2 N–H and O–H groups in total. The summed E-state index contributed by atoms with van der Waals surface area (Å²) in [6.45, 7) is 3.89. The third-order valence-electron chi connectivity index (χ3n) is 5.44. The maximum atomic E-state index is 11.6. The molecule has 31 heavy (non-hydrogen) atoms. The van der Waals surface area contributed by atoms with Gasteiger partial charge in [-0.15, -0.1) is 0 Å². The number of nitrogens with one attached hydrogen (secondary N) is 1. The third-order valence-corrected chi connectivity index (χ3v) is 5.44. The van der Waals surface area contributed by atoms with Gasteiger partial charge in [-0.2, -0.15) is 0 Å². The van der Waals surface area contributed by atoms with Crippen molar-refractivity contribution < 1.29 is 19.4 Å². The van der Waals surface area contributed by atoms with Crippen molar-refractivity contribution in [1.29, 1.82) is 0 Å². The molecule has 0 aliphatic carbocycles. The van der Waals surface area contributed by atoms with Crippen LogP contribution in [-0.2, 0) is 22.5 Å². The number of rotatable bonds is 11. The number of nitrogens with zero attached hydrogens (tertiary/aromatic N) is 3. The molecule has 1 aromatic carbocycles. The highest BCUT2D eigenvalue weighted by atomic mass is 16.5. The lowest BCUT2D eigenvalue weighted by Gasteiger charge is -2.31. The lowest BCUT2D eigenvalue weighted by atomic mass is 9.97. The minimum atomic E-state index is -0.580. The van der Waals surface area contributed by atoms with Crippen molar-refractivity contribution in [3.8, 4) is 5.75 Å². The quantitative estimate of drug-likeness (QED) is 0.410. The van der Waals surface area contributed by atoms with Gasteiger partial charge in [-0.3, -0.25) is 14.8 Å². The van der Waals surface area contributed by atoms with E-state index >= 15 is 0 Å². The van der Waals surface area contributed by atoms with Gasteiger partial charge in [0, 0.05) is 44.6 Å². The highest BCUT2D eigenvalue weighted by Crippen LogP contribution is 2.19. The van der Waals surface area contributed by atoms with E-state index in [1.54, 1.807) is 18.6 Å². The zero-order chi connectivity index (χ0) is 21.9. The number of aliphatic hydroxyl groups excluding tert-OH is 1. The summed E-state index contributed by atoms with van der Waals surface area (Å²) in [6.07, 6.45) is 6.94. The van der Waals surface area contributed by atoms with Crippen LogP contribution in [-0.4, -0.2) is 71.9 Å². The third kappa shape index (κ3) is 7.90. The largest absolute Gasteiger partial charge is 0.491 e. The number of ether oxygens (including phenoxy) is 2. The Hall–Kier alpha value is -2.55. The Bertz CT molecular complexity index is 797. The topological polar surface area (TPSA) is 96.8 Å². The van der Waals surface area contributed by atoms with E-state index in [1.807, 2.05) is 24.3 Å². The van der Waals surface area contributed by atoms with Crippen molar-refractivity contribution in [3.63, 3.8) is 0 Å². The Morgan fingerprint density at radius 3 is 2.90 bits per heavy atom. The highest BCUT2D eigenvalue weighted by molar-refractivity contribution is 5.72. The average molecular weight is 429 g/mol. The number of β-amino-alcohol motifs (C(OH)–C–C–N with tert-alkyl or cyclic N) is 1. The van der Waals surface area contributed by atoms with Crippen molar-refractivity contribution >= 4 is 5.97 Å². The number of carbonyl (C=O) groups excluding carboxylic acids is 1. The molecule has 1 aliphatic heterocycles. The predicted octanol–water partition coefficient (Wildman–Crippen LogP) is 1.43. The fourth-order valence-electron chi connectivity index (χ4n) is 3.71. The molecule has 1 aliphatic rings. The van der Waals surface area contributed by atoms with Crippen molar-refractivity contribution in [2.45, 2.75) is 31.9 Å². The molecule has 8 heteroatoms. The minimum Gasteiger partial charge on any atom is -0.491 e. The second-order valence-corrected chi connectivity index (χ2v) is 7.83. The van der Waals surface area contributed by atoms with Crippen LogP contribution in [0.2, 0.25) is 0 Å². The van der Waals surface area contributed by atoms with Crippen LogP contribution in [0.25, 0.3) is 0 Å². The molecule has 0 saturated carbocycles. The molecule has 0 radical (unpaired) electrons. The summed E-state index contributed by atoms with van der Waals surface area (Å²) < 4.78 is 10.6. The van der Waals surface area contributed by atoms with Crippen LogP contribution in [0.15, 0.2) is 42.9 Å². The van der Waals surface area contributed by atoms with Crippen LogP contribution in [0.5, 0.6) is 5.75 Å². The Balaban J connectivity index is 1.34. The van der Waals surface area contributed by atoms with E-state index < -0.39 is 6.10 Å². The zero-order valence-corrected chi connectivity index (χ0v) is 18.1. The van der Waals surface area contributed by atoms with Crippen LogP contribution in [0, 0.1) is 5.92 Å². The predicted molar refractivity (Wildman–Crippen MR) is 117 cm³/mol. The molecule has 2 heterocycles. The maximum Gasteiger partial charge on any atom is 0.308 e. The van der Waals surface area contributed by atoms with Crippen LogP contribution < -0.4 is 10.1 Å². The summed E-state index contributed by atoms with van der Waals surface area (Å²) in [4.78, 5) is 22.1. The van der Waals surface area contributed by atoms with Crippen LogP contribution >= 0.6 is 0 Å². The lowest BCUT2D eigenvalue weighted by Crippen LogP contribution is -2.42. The van der Waals surface area contributed by atoms with Gasteiger partial charge in [0.05, 0.1) is 18.7 Å². The molecule has 1 saturated heterocycles. The molecule has 0 amide bonds. The normalized spacial score (nSPS) is 16.1. The number of aromatic nitrogens is 2. The lowest BCUT2D eigenvalue weighted by molar-refractivity contribution is -0.147. The summed E-state index contributed by atoms with van der Waals surface area (Å²) in [5, 5.41) is 13.8. The first-order valence-corrected chi connectivity index (χ1v) is 10.8. The highest BCUT2D eigenvalue weighted by Gasteiger charge is 2.26. The number of methoxy groups -OCH3 is 1. The Morgan fingerprint density at radius 2 is 2.16 bits per heavy atom. The molecule has 2 aromatic rings. The molecule has 1 atom stereocenters. The molecule has 3 rings (SSSR count). The minimum absolute atomic E-state index is 0.0217. The van der Waals surface area contributed by atoms with Crippen LogP contribution in [0.1, 0.15) is 24.1 Å². The summed E-state index contributed by atoms with van der Waals surface area (Å²) in [5.41, 5.74) is 2.09. The summed E-state index contributed by atoms with van der Waals surface area (Å²) >= 11 is 0. The standard InChI is InChI=1S/C23H32N4O4/c1-30-23(29)19-6-11-27(12-7-19)16-21(28)17-31-22-4-2-3-18(13-22)14-24-8-5-20-15-25-9-10-26-20/h2-4,9-10,13,15,19,21,24,28H,5-8,11-12,14,16-17H2,1H3. The smallest absolute Gasteiger partial charge is 0.308 e. The van der Waals surface area contributed by atoms with Gasteiger partial charge in [0.15, 0.2) is 0 Å². The van der Waals surface area contributed by atoms with E-state index in [9.17, 15) is 9.90 Å². The zero-order valence-electron chi connectivity index (χ0n) is 18.1. The molecule has 168 valence electrons. The fraction of sp³-hybridized carbons (Fsp3) is 0.522. The van der Waals surface area contributed by atoms with E-state index in [0.717, 1.165) is 62.4 Å². The first-order chi connectivity index (χ1) is 15.1. The van der Waals surface area contributed by atoms with Gasteiger partial charge in [-0.1, -0.05) is 12.1 Å². The molecule has 8 nitrogen and oxygen atoms in total. The number of benzene rings is 1. The molecule has 1 fully saturated rings. The SMILES string of the molecule is COC(=O)C1CCN(CC(O)COc2cccc(CNCCc3cnccn3)c2)CC1. The first kappa shape index (κ1) is 23.1. The Morgan fingerprint density at radius 1 is 1.32 bits per heavy atom. The van der Waals surface area contributed by atoms with Gasteiger partial charge in [0.2, 0.25) is 0 Å². The first-order valence-electron chi connectivity index (χ1n) is 10.8. The number of esters is 1. The number of hydrogen-bond donors (Lipinski definition) is 2. The molecule has 1 unspecified atom stereocenters. The number of likely N-dealkylation sites (tertiary alicyclic amines) is 1. The molecule has 1 aromatic heterocycles. The Labute approximate surface area is 183 Å². The van der Waals surface area contributed by atoms with Crippen molar-refractivity contribution in [3.05, 3.63) is 54.1 Å². The number of carbonyl (C=O) groups is 1.